The molecule has 0 fully saturated rings. The van der Waals surface area contributed by atoms with E-state index in [1.165, 1.54) is 0 Å². The molecule has 0 saturated carbocycles. The van der Waals surface area contributed by atoms with Crippen LogP contribution in [0.3, 0.4) is 0 Å². The summed E-state index contributed by atoms with van der Waals surface area (Å²) in [6, 6.07) is 7.81. The Balaban J connectivity index is 2.40. The van der Waals surface area contributed by atoms with Crippen LogP contribution in [-0.2, 0) is 0 Å². The van der Waals surface area contributed by atoms with Gasteiger partial charge in [0, 0.05) is 11.6 Å². The van der Waals surface area contributed by atoms with E-state index < -0.39 is 23.3 Å². The summed E-state index contributed by atoms with van der Waals surface area (Å²) in [4.78, 5) is 12.5. The molecule has 0 saturated heterocycles. The molecular weight excluding hydrogens is 336 g/mol. The third-order valence-electron chi connectivity index (χ3n) is 2.48. The molecule has 1 aromatic heterocycles. The van der Waals surface area contributed by atoms with E-state index in [1.54, 1.807) is 18.2 Å². The molecule has 0 amide bonds. The predicted molar refractivity (Wildman–Crippen MR) is 71.1 cm³/mol. The van der Waals surface area contributed by atoms with Crippen LogP contribution < -0.4 is 0 Å². The summed E-state index contributed by atoms with van der Waals surface area (Å²) in [5, 5.41) is 9.07. The number of ketones is 1. The molecule has 96 valence electrons. The van der Waals surface area contributed by atoms with Gasteiger partial charge in [-0.3, -0.25) is 4.79 Å². The van der Waals surface area contributed by atoms with Crippen molar-refractivity contribution in [1.82, 2.24) is 0 Å². The molecule has 1 aromatic carbocycles. The topological polar surface area (TPSA) is 40.9 Å². The van der Waals surface area contributed by atoms with Crippen LogP contribution in [0.1, 0.15) is 21.2 Å². The molecular formula is C13H6BrF2NOS. The number of nitriles is 1. The molecule has 0 aliphatic carbocycles. The SMILES string of the molecule is N#CC(C(=O)c1ccc(Br)s1)c1ccc(F)cc1F. The Bertz CT molecular complexity index is 678. The van der Waals surface area contributed by atoms with Crippen molar-refractivity contribution in [3.8, 4) is 6.07 Å². The van der Waals surface area contributed by atoms with Gasteiger partial charge in [0.05, 0.1) is 14.7 Å². The summed E-state index contributed by atoms with van der Waals surface area (Å²) in [5.74, 6) is -3.41. The van der Waals surface area contributed by atoms with Gasteiger partial charge in [0.25, 0.3) is 0 Å². The third kappa shape index (κ3) is 2.88. The maximum absolute atomic E-state index is 13.6. The number of Topliss-reactive ketones (excluding diaryl/α,β-unsaturated/α-hetero) is 1. The molecule has 2 nitrogen and oxygen atoms in total. The molecule has 1 unspecified atom stereocenters. The van der Waals surface area contributed by atoms with E-state index in [4.69, 9.17) is 5.26 Å². The average Bonchev–Trinajstić information content (AvgIpc) is 2.79. The Hall–Kier alpha value is -1.58. The normalized spacial score (nSPS) is 11.9. The Morgan fingerprint density at radius 1 is 1.32 bits per heavy atom. The number of rotatable bonds is 3. The van der Waals surface area contributed by atoms with Gasteiger partial charge in [-0.2, -0.15) is 5.26 Å². The lowest BCUT2D eigenvalue weighted by molar-refractivity contribution is 0.0981. The summed E-state index contributed by atoms with van der Waals surface area (Å²) in [6.45, 7) is 0. The van der Waals surface area contributed by atoms with Crippen molar-refractivity contribution in [2.24, 2.45) is 0 Å². The Morgan fingerprint density at radius 3 is 2.58 bits per heavy atom. The lowest BCUT2D eigenvalue weighted by Gasteiger charge is -2.08. The van der Waals surface area contributed by atoms with Crippen LogP contribution in [0.4, 0.5) is 8.78 Å². The molecule has 0 N–H and O–H groups in total. The van der Waals surface area contributed by atoms with Crippen molar-refractivity contribution < 1.29 is 13.6 Å². The van der Waals surface area contributed by atoms with Crippen LogP contribution in [0, 0.1) is 23.0 Å². The first kappa shape index (κ1) is 13.8. The van der Waals surface area contributed by atoms with E-state index in [-0.39, 0.29) is 5.56 Å². The largest absolute Gasteiger partial charge is 0.291 e. The number of nitrogens with zero attached hydrogens (tertiary/aromatic N) is 1. The van der Waals surface area contributed by atoms with Gasteiger partial charge < -0.3 is 0 Å². The number of hydrogen-bond donors (Lipinski definition) is 0. The van der Waals surface area contributed by atoms with Crippen molar-refractivity contribution in [2.75, 3.05) is 0 Å². The summed E-state index contributed by atoms with van der Waals surface area (Å²) < 4.78 is 27.2. The zero-order valence-electron chi connectivity index (χ0n) is 9.36. The predicted octanol–water partition coefficient (Wildman–Crippen LogP) is 4.28. The second-order valence-corrected chi connectivity index (χ2v) is 6.16. The van der Waals surface area contributed by atoms with E-state index >= 15 is 0 Å². The summed E-state index contributed by atoms with van der Waals surface area (Å²) in [5.41, 5.74) is -0.113. The number of benzene rings is 1. The van der Waals surface area contributed by atoms with Gasteiger partial charge >= 0.3 is 0 Å². The van der Waals surface area contributed by atoms with Gasteiger partial charge in [-0.1, -0.05) is 6.07 Å². The Labute approximate surface area is 120 Å². The number of carbonyl (C=O) groups excluding carboxylic acids is 1. The summed E-state index contributed by atoms with van der Waals surface area (Å²) in [6.07, 6.45) is 0. The Morgan fingerprint density at radius 2 is 2.05 bits per heavy atom. The maximum atomic E-state index is 13.6. The van der Waals surface area contributed by atoms with Crippen molar-refractivity contribution in [3.63, 3.8) is 0 Å². The molecule has 2 aromatic rings. The monoisotopic (exact) mass is 341 g/mol. The van der Waals surface area contributed by atoms with Crippen molar-refractivity contribution in [3.05, 3.63) is 56.2 Å². The highest BCUT2D eigenvalue weighted by Crippen LogP contribution is 2.29. The van der Waals surface area contributed by atoms with Crippen molar-refractivity contribution in [1.29, 1.82) is 5.26 Å². The lowest BCUT2D eigenvalue weighted by Crippen LogP contribution is -2.11. The van der Waals surface area contributed by atoms with Crippen LogP contribution >= 0.6 is 27.3 Å². The number of carbonyl (C=O) groups is 1. The van der Waals surface area contributed by atoms with Crippen LogP contribution in [-0.4, -0.2) is 5.78 Å². The second-order valence-electron chi connectivity index (χ2n) is 3.70. The minimum absolute atomic E-state index is 0.113. The molecule has 19 heavy (non-hydrogen) atoms. The smallest absolute Gasteiger partial charge is 0.194 e. The van der Waals surface area contributed by atoms with Gasteiger partial charge in [-0.15, -0.1) is 11.3 Å². The molecule has 0 aliphatic rings. The van der Waals surface area contributed by atoms with Crippen LogP contribution in [0.25, 0.3) is 0 Å². The molecule has 2 rings (SSSR count). The quantitative estimate of drug-likeness (QED) is 0.782. The first-order chi connectivity index (χ1) is 9.02. The molecule has 0 spiro atoms. The third-order valence-corrected chi connectivity index (χ3v) is 4.12. The lowest BCUT2D eigenvalue weighted by atomic mass is 9.95. The van der Waals surface area contributed by atoms with Crippen LogP contribution in [0.2, 0.25) is 0 Å². The molecule has 0 aliphatic heterocycles. The van der Waals surface area contributed by atoms with E-state index in [9.17, 15) is 13.6 Å². The molecule has 1 heterocycles. The molecule has 0 bridgehead atoms. The average molecular weight is 342 g/mol. The zero-order chi connectivity index (χ0) is 14.0. The maximum Gasteiger partial charge on any atom is 0.194 e. The minimum Gasteiger partial charge on any atom is -0.291 e. The van der Waals surface area contributed by atoms with E-state index in [2.05, 4.69) is 15.9 Å². The van der Waals surface area contributed by atoms with Gasteiger partial charge in [0.1, 0.15) is 17.6 Å². The summed E-state index contributed by atoms with van der Waals surface area (Å²) in [7, 11) is 0. The van der Waals surface area contributed by atoms with Gasteiger partial charge in [0.15, 0.2) is 5.78 Å². The number of hydrogen-bond acceptors (Lipinski definition) is 3. The second kappa shape index (κ2) is 5.59. The van der Waals surface area contributed by atoms with E-state index in [0.29, 0.717) is 10.9 Å². The van der Waals surface area contributed by atoms with Gasteiger partial charge in [-0.05, 0) is 34.1 Å². The number of thiophene rings is 1. The highest BCUT2D eigenvalue weighted by atomic mass is 79.9. The highest BCUT2D eigenvalue weighted by Gasteiger charge is 2.26. The highest BCUT2D eigenvalue weighted by molar-refractivity contribution is 9.11. The first-order valence-electron chi connectivity index (χ1n) is 5.17. The first-order valence-corrected chi connectivity index (χ1v) is 6.78. The standard InChI is InChI=1S/C13H6BrF2NOS/c14-12-4-3-11(19-12)13(18)9(6-17)8-2-1-7(15)5-10(8)16/h1-5,9H. The van der Waals surface area contributed by atoms with E-state index in [1.807, 2.05) is 0 Å². The van der Waals surface area contributed by atoms with E-state index in [0.717, 1.165) is 27.3 Å². The van der Waals surface area contributed by atoms with Crippen LogP contribution in [0.15, 0.2) is 34.1 Å². The Kier molecular flexibility index (Phi) is 4.08. The molecule has 6 heteroatoms. The fraction of sp³-hybridized carbons (Fsp3) is 0.0769. The van der Waals surface area contributed by atoms with Gasteiger partial charge in [0.2, 0.25) is 0 Å². The minimum atomic E-state index is -1.27. The van der Waals surface area contributed by atoms with Crippen molar-refractivity contribution >= 4 is 33.0 Å². The van der Waals surface area contributed by atoms with Crippen LogP contribution in [0.5, 0.6) is 0 Å². The molecule has 1 atom stereocenters. The van der Waals surface area contributed by atoms with Gasteiger partial charge in [-0.25, -0.2) is 8.78 Å². The number of halogens is 3. The fourth-order valence-corrected chi connectivity index (χ4v) is 2.95. The fourth-order valence-electron chi connectivity index (χ4n) is 1.59. The molecule has 0 radical (unpaired) electrons. The summed E-state index contributed by atoms with van der Waals surface area (Å²) >= 11 is 4.37. The van der Waals surface area contributed by atoms with Crippen molar-refractivity contribution in [2.45, 2.75) is 5.92 Å². The zero-order valence-corrected chi connectivity index (χ0v) is 11.8.